The van der Waals surface area contributed by atoms with E-state index in [2.05, 4.69) is 19.2 Å². The Kier molecular flexibility index (Phi) is 6.97. The van der Waals surface area contributed by atoms with Crippen LogP contribution in [0.3, 0.4) is 0 Å². The molecule has 0 spiro atoms. The van der Waals surface area contributed by atoms with Crippen LogP contribution in [0.5, 0.6) is 11.5 Å². The van der Waals surface area contributed by atoms with Gasteiger partial charge in [-0.3, -0.25) is 14.9 Å². The molecule has 4 aromatic rings. The Bertz CT molecular complexity index is 1710. The molecule has 0 radical (unpaired) electrons. The van der Waals surface area contributed by atoms with E-state index >= 15 is 0 Å². The number of ether oxygens (including phenoxy) is 2. The lowest BCUT2D eigenvalue weighted by Gasteiger charge is -2.38. The topological polar surface area (TPSA) is 121 Å². The Morgan fingerprint density at radius 1 is 1.02 bits per heavy atom. The highest BCUT2D eigenvalue weighted by molar-refractivity contribution is 6.00. The number of non-ortho nitro benzene ring substituents is 1. The smallest absolute Gasteiger partial charge is 0.270 e. The number of nitro groups is 1. The van der Waals surface area contributed by atoms with E-state index in [1.54, 1.807) is 16.8 Å². The molecule has 214 valence electrons. The first kappa shape index (κ1) is 27.2. The number of benzene rings is 3. The summed E-state index contributed by atoms with van der Waals surface area (Å²) in [5.41, 5.74) is 3.52. The highest BCUT2D eigenvalue weighted by atomic mass is 16.6. The second-order valence-electron chi connectivity index (χ2n) is 11.3. The van der Waals surface area contributed by atoms with E-state index in [9.17, 15) is 14.9 Å². The second-order valence-corrected chi connectivity index (χ2v) is 11.3. The molecule has 1 aromatic heterocycles. The maximum atomic E-state index is 13.7. The zero-order valence-electron chi connectivity index (χ0n) is 23.7. The Hall–Kier alpha value is -4.99. The number of anilines is 1. The van der Waals surface area contributed by atoms with Gasteiger partial charge in [0.1, 0.15) is 12.6 Å². The molecule has 0 amide bonds. The quantitative estimate of drug-likeness (QED) is 0.190. The average molecular weight is 566 g/mol. The number of ketones is 1. The Morgan fingerprint density at radius 3 is 2.60 bits per heavy atom. The molecule has 2 heterocycles. The minimum Gasteiger partial charge on any atom is -0.490 e. The summed E-state index contributed by atoms with van der Waals surface area (Å²) in [6, 6.07) is 21.2. The van der Waals surface area contributed by atoms with Crippen LogP contribution in [0.15, 0.2) is 84.1 Å². The number of allylic oxidation sites excluding steroid dienone is 2. The monoisotopic (exact) mass is 565 g/mol. The van der Waals surface area contributed by atoms with Crippen molar-refractivity contribution >= 4 is 17.4 Å². The summed E-state index contributed by atoms with van der Waals surface area (Å²) >= 11 is 0. The molecule has 1 aliphatic heterocycles. The van der Waals surface area contributed by atoms with Crippen LogP contribution in [0.25, 0.3) is 11.4 Å². The van der Waals surface area contributed by atoms with Gasteiger partial charge >= 0.3 is 0 Å². The Labute approximate surface area is 243 Å². The van der Waals surface area contributed by atoms with Gasteiger partial charge in [0.05, 0.1) is 11.5 Å². The normalized spacial score (nSPS) is 17.2. The fourth-order valence-corrected chi connectivity index (χ4v) is 5.62. The summed E-state index contributed by atoms with van der Waals surface area (Å²) < 4.78 is 13.8. The molecule has 0 saturated carbocycles. The van der Waals surface area contributed by atoms with Gasteiger partial charge in [-0.15, -0.1) is 5.10 Å². The molecule has 0 saturated heterocycles. The summed E-state index contributed by atoms with van der Waals surface area (Å²) in [5, 5.41) is 19.5. The number of nitro benzene ring substituents is 1. The molecule has 1 atom stereocenters. The van der Waals surface area contributed by atoms with Crippen molar-refractivity contribution in [3.63, 3.8) is 0 Å². The first-order valence-electron chi connectivity index (χ1n) is 13.9. The molecule has 1 N–H and O–H groups in total. The number of fused-ring (bicyclic) bond motifs is 1. The summed E-state index contributed by atoms with van der Waals surface area (Å²) in [6.07, 6.45) is 1.07. The lowest BCUT2D eigenvalue weighted by atomic mass is 9.73. The predicted molar refractivity (Wildman–Crippen MR) is 157 cm³/mol. The van der Waals surface area contributed by atoms with Crippen molar-refractivity contribution in [3.05, 3.63) is 105 Å². The number of carbonyl (C=O) groups excluding carboxylic acids is 1. The number of aromatic nitrogens is 3. The van der Waals surface area contributed by atoms with Crippen LogP contribution in [0.4, 0.5) is 11.6 Å². The van der Waals surface area contributed by atoms with E-state index in [1.807, 2.05) is 55.5 Å². The summed E-state index contributed by atoms with van der Waals surface area (Å²) in [5.74, 6) is 1.99. The zero-order valence-corrected chi connectivity index (χ0v) is 23.7. The van der Waals surface area contributed by atoms with Crippen LogP contribution in [0.1, 0.15) is 50.8 Å². The third kappa shape index (κ3) is 5.23. The zero-order chi connectivity index (χ0) is 29.4. The van der Waals surface area contributed by atoms with Crippen molar-refractivity contribution in [1.82, 2.24) is 14.8 Å². The van der Waals surface area contributed by atoms with Crippen molar-refractivity contribution in [2.45, 2.75) is 46.3 Å². The lowest BCUT2D eigenvalue weighted by Crippen LogP contribution is -2.36. The van der Waals surface area contributed by atoms with Gasteiger partial charge in [0, 0.05) is 35.4 Å². The third-order valence-electron chi connectivity index (χ3n) is 7.47. The van der Waals surface area contributed by atoms with Crippen LogP contribution >= 0.6 is 0 Å². The predicted octanol–water partition coefficient (Wildman–Crippen LogP) is 6.49. The van der Waals surface area contributed by atoms with Gasteiger partial charge in [-0.05, 0) is 42.0 Å². The number of nitrogens with one attached hydrogen (secondary N) is 1. The van der Waals surface area contributed by atoms with E-state index in [-0.39, 0.29) is 16.9 Å². The minimum atomic E-state index is -0.567. The van der Waals surface area contributed by atoms with E-state index in [0.29, 0.717) is 60.5 Å². The molecule has 2 aliphatic rings. The lowest BCUT2D eigenvalue weighted by molar-refractivity contribution is -0.384. The Balaban J connectivity index is 1.44. The maximum absolute atomic E-state index is 13.7. The number of nitrogens with zero attached hydrogens (tertiary/aromatic N) is 4. The van der Waals surface area contributed by atoms with Gasteiger partial charge in [-0.1, -0.05) is 62.4 Å². The van der Waals surface area contributed by atoms with Gasteiger partial charge in [-0.2, -0.15) is 4.98 Å². The number of hydrogen-bond acceptors (Lipinski definition) is 8. The van der Waals surface area contributed by atoms with Crippen LogP contribution in [0.2, 0.25) is 0 Å². The van der Waals surface area contributed by atoms with E-state index in [0.717, 1.165) is 16.8 Å². The molecule has 0 fully saturated rings. The molecule has 42 heavy (non-hydrogen) atoms. The standard InChI is InChI=1S/C32H31N5O5/c1-4-41-27-16-21(13-14-26(27)42-19-20-9-6-5-7-10-20)29-28-24(17-32(2,3)18-25(28)38)33-31-34-30(35-36(29)31)22-11-8-12-23(15-22)37(39)40/h5-16,29H,4,17-19H2,1-3H3,(H,33,34,35). The SMILES string of the molecule is CCOc1cc(C2C3=C(CC(C)(C)CC3=O)Nc3nc(-c4cccc([N+](=O)[O-])c4)nn32)ccc1OCc1ccccc1. The number of Topliss-reactive ketones (excluding diaryl/α,β-unsaturated/α-hetero) is 1. The molecule has 0 bridgehead atoms. The first-order chi connectivity index (χ1) is 20.2. The van der Waals surface area contributed by atoms with Crippen LogP contribution in [0, 0.1) is 15.5 Å². The largest absolute Gasteiger partial charge is 0.490 e. The third-order valence-corrected chi connectivity index (χ3v) is 7.47. The number of rotatable bonds is 8. The Morgan fingerprint density at radius 2 is 1.83 bits per heavy atom. The van der Waals surface area contributed by atoms with Gasteiger partial charge in [0.15, 0.2) is 23.1 Å². The molecule has 6 rings (SSSR count). The molecule has 1 unspecified atom stereocenters. The van der Waals surface area contributed by atoms with E-state index < -0.39 is 11.0 Å². The van der Waals surface area contributed by atoms with Crippen molar-refractivity contribution in [3.8, 4) is 22.9 Å². The van der Waals surface area contributed by atoms with Crippen molar-refractivity contribution in [2.24, 2.45) is 5.41 Å². The molecule has 3 aromatic carbocycles. The average Bonchev–Trinajstić information content (AvgIpc) is 3.39. The van der Waals surface area contributed by atoms with Gasteiger partial charge in [0.25, 0.3) is 5.69 Å². The van der Waals surface area contributed by atoms with Crippen LogP contribution in [-0.2, 0) is 11.4 Å². The molecule has 1 aliphatic carbocycles. The number of carbonyl (C=O) groups is 1. The van der Waals surface area contributed by atoms with Gasteiger partial charge in [0.2, 0.25) is 5.95 Å². The summed E-state index contributed by atoms with van der Waals surface area (Å²) in [6.45, 7) is 6.88. The van der Waals surface area contributed by atoms with Gasteiger partial charge in [-0.25, -0.2) is 4.68 Å². The van der Waals surface area contributed by atoms with Crippen LogP contribution in [-0.4, -0.2) is 32.1 Å². The molecular formula is C32H31N5O5. The fourth-order valence-electron chi connectivity index (χ4n) is 5.62. The molecular weight excluding hydrogens is 534 g/mol. The number of hydrogen-bond donors (Lipinski definition) is 1. The van der Waals surface area contributed by atoms with Crippen molar-refractivity contribution in [2.75, 3.05) is 11.9 Å². The maximum Gasteiger partial charge on any atom is 0.270 e. The highest BCUT2D eigenvalue weighted by Crippen LogP contribution is 2.47. The summed E-state index contributed by atoms with van der Waals surface area (Å²) in [7, 11) is 0. The van der Waals surface area contributed by atoms with E-state index in [4.69, 9.17) is 19.6 Å². The van der Waals surface area contributed by atoms with E-state index in [1.165, 1.54) is 12.1 Å². The second kappa shape index (κ2) is 10.8. The fraction of sp³-hybridized carbons (Fsp3) is 0.281. The molecule has 10 nitrogen and oxygen atoms in total. The van der Waals surface area contributed by atoms with Gasteiger partial charge < -0.3 is 14.8 Å². The first-order valence-corrected chi connectivity index (χ1v) is 13.9. The van der Waals surface area contributed by atoms with Crippen molar-refractivity contribution in [1.29, 1.82) is 0 Å². The molecule has 10 heteroatoms. The van der Waals surface area contributed by atoms with Crippen molar-refractivity contribution < 1.29 is 19.2 Å². The summed E-state index contributed by atoms with van der Waals surface area (Å²) in [4.78, 5) is 29.4. The van der Waals surface area contributed by atoms with Crippen LogP contribution < -0.4 is 14.8 Å². The minimum absolute atomic E-state index is 0.0409. The highest BCUT2D eigenvalue weighted by Gasteiger charge is 2.42.